The number of carbonyl (C=O) groups excluding carboxylic acids is 1. The SMILES string of the molecule is COC(=O)c1cc(O)c(O)c(C=Cc2ccccc2)c1. The Morgan fingerprint density at radius 2 is 1.80 bits per heavy atom. The Morgan fingerprint density at radius 3 is 2.45 bits per heavy atom. The van der Waals surface area contributed by atoms with Gasteiger partial charge in [0.15, 0.2) is 11.5 Å². The van der Waals surface area contributed by atoms with E-state index >= 15 is 0 Å². The zero-order chi connectivity index (χ0) is 14.5. The summed E-state index contributed by atoms with van der Waals surface area (Å²) in [6, 6.07) is 12.1. The third-order valence-electron chi connectivity index (χ3n) is 2.80. The number of aromatic hydroxyl groups is 2. The molecule has 4 nitrogen and oxygen atoms in total. The number of esters is 1. The second-order valence-corrected chi connectivity index (χ2v) is 4.17. The van der Waals surface area contributed by atoms with Gasteiger partial charge in [0.05, 0.1) is 12.7 Å². The van der Waals surface area contributed by atoms with Crippen molar-refractivity contribution in [2.75, 3.05) is 7.11 Å². The summed E-state index contributed by atoms with van der Waals surface area (Å²) in [5.41, 5.74) is 1.46. The summed E-state index contributed by atoms with van der Waals surface area (Å²) in [6.07, 6.45) is 3.40. The molecular formula is C16H14O4. The van der Waals surface area contributed by atoms with Crippen molar-refractivity contribution in [2.24, 2.45) is 0 Å². The van der Waals surface area contributed by atoms with E-state index < -0.39 is 5.97 Å². The van der Waals surface area contributed by atoms with Crippen molar-refractivity contribution in [1.82, 2.24) is 0 Å². The Hall–Kier alpha value is -2.75. The van der Waals surface area contributed by atoms with Crippen molar-refractivity contribution in [3.8, 4) is 11.5 Å². The maximum Gasteiger partial charge on any atom is 0.338 e. The van der Waals surface area contributed by atoms with Gasteiger partial charge in [-0.05, 0) is 17.7 Å². The van der Waals surface area contributed by atoms with Gasteiger partial charge in [0.1, 0.15) is 0 Å². The molecule has 0 unspecified atom stereocenters. The highest BCUT2D eigenvalue weighted by molar-refractivity contribution is 5.92. The number of phenolic OH excluding ortho intramolecular Hbond substituents is 2. The van der Waals surface area contributed by atoms with Gasteiger partial charge in [-0.2, -0.15) is 0 Å². The fraction of sp³-hybridized carbons (Fsp3) is 0.0625. The standard InChI is InChI=1S/C16H14O4/c1-20-16(19)13-9-12(15(18)14(17)10-13)8-7-11-5-3-2-4-6-11/h2-10,17-18H,1H3. The summed E-state index contributed by atoms with van der Waals surface area (Å²) < 4.78 is 4.59. The van der Waals surface area contributed by atoms with E-state index in [1.807, 2.05) is 30.3 Å². The Balaban J connectivity index is 2.38. The third kappa shape index (κ3) is 2.98. The zero-order valence-corrected chi connectivity index (χ0v) is 10.9. The molecule has 0 aliphatic carbocycles. The molecule has 4 heteroatoms. The molecule has 0 heterocycles. The maximum absolute atomic E-state index is 11.5. The molecule has 0 aliphatic rings. The predicted octanol–water partition coefficient (Wildman–Crippen LogP) is 3.05. The molecule has 0 amide bonds. The molecule has 0 aromatic heterocycles. The molecule has 20 heavy (non-hydrogen) atoms. The van der Waals surface area contributed by atoms with Gasteiger partial charge in [-0.3, -0.25) is 0 Å². The molecule has 0 radical (unpaired) electrons. The molecule has 102 valence electrons. The average molecular weight is 270 g/mol. The van der Waals surface area contributed by atoms with E-state index in [1.165, 1.54) is 19.2 Å². The summed E-state index contributed by atoms with van der Waals surface area (Å²) in [4.78, 5) is 11.5. The predicted molar refractivity (Wildman–Crippen MR) is 76.5 cm³/mol. The van der Waals surface area contributed by atoms with Gasteiger partial charge >= 0.3 is 5.97 Å². The molecule has 2 aromatic carbocycles. The summed E-state index contributed by atoms with van der Waals surface area (Å²) in [5, 5.41) is 19.4. The normalized spacial score (nSPS) is 10.7. The minimum Gasteiger partial charge on any atom is -0.504 e. The lowest BCUT2D eigenvalue weighted by Gasteiger charge is -2.06. The summed E-state index contributed by atoms with van der Waals surface area (Å²) >= 11 is 0. The van der Waals surface area contributed by atoms with E-state index in [0.717, 1.165) is 5.56 Å². The number of methoxy groups -OCH3 is 1. The van der Waals surface area contributed by atoms with Crippen LogP contribution < -0.4 is 0 Å². The number of benzene rings is 2. The van der Waals surface area contributed by atoms with Crippen LogP contribution in [0.25, 0.3) is 12.2 Å². The highest BCUT2D eigenvalue weighted by atomic mass is 16.5. The van der Waals surface area contributed by atoms with Gasteiger partial charge in [0.2, 0.25) is 0 Å². The summed E-state index contributed by atoms with van der Waals surface area (Å²) in [7, 11) is 1.26. The molecule has 2 rings (SSSR count). The zero-order valence-electron chi connectivity index (χ0n) is 10.9. The Bertz CT molecular complexity index is 645. The van der Waals surface area contributed by atoms with E-state index in [1.54, 1.807) is 12.2 Å². The first kappa shape index (κ1) is 13.7. The van der Waals surface area contributed by atoms with Crippen LogP contribution in [0.3, 0.4) is 0 Å². The number of hydrogen-bond acceptors (Lipinski definition) is 4. The summed E-state index contributed by atoms with van der Waals surface area (Å²) in [6.45, 7) is 0. The molecular weight excluding hydrogens is 256 g/mol. The van der Waals surface area contributed by atoms with Gasteiger partial charge in [-0.25, -0.2) is 4.79 Å². The van der Waals surface area contributed by atoms with Crippen LogP contribution in [0.5, 0.6) is 11.5 Å². The number of phenols is 2. The number of hydrogen-bond donors (Lipinski definition) is 2. The second-order valence-electron chi connectivity index (χ2n) is 4.17. The van der Waals surface area contributed by atoms with Gasteiger partial charge in [-0.1, -0.05) is 42.5 Å². The Labute approximate surface area is 116 Å². The van der Waals surface area contributed by atoms with E-state index in [0.29, 0.717) is 5.56 Å². The summed E-state index contributed by atoms with van der Waals surface area (Å²) in [5.74, 6) is -1.21. The van der Waals surface area contributed by atoms with Gasteiger partial charge < -0.3 is 14.9 Å². The Kier molecular flexibility index (Phi) is 4.05. The van der Waals surface area contributed by atoms with Crippen molar-refractivity contribution >= 4 is 18.1 Å². The van der Waals surface area contributed by atoms with E-state index in [4.69, 9.17) is 0 Å². The maximum atomic E-state index is 11.5. The number of carbonyl (C=O) groups is 1. The van der Waals surface area contributed by atoms with Crippen molar-refractivity contribution in [1.29, 1.82) is 0 Å². The molecule has 0 atom stereocenters. The van der Waals surface area contributed by atoms with E-state index in [2.05, 4.69) is 4.74 Å². The highest BCUT2D eigenvalue weighted by Gasteiger charge is 2.12. The van der Waals surface area contributed by atoms with Crippen molar-refractivity contribution in [3.63, 3.8) is 0 Å². The van der Waals surface area contributed by atoms with Gasteiger partial charge in [0, 0.05) is 5.56 Å². The largest absolute Gasteiger partial charge is 0.504 e. The van der Waals surface area contributed by atoms with Crippen LogP contribution in [0.2, 0.25) is 0 Å². The smallest absolute Gasteiger partial charge is 0.338 e. The van der Waals surface area contributed by atoms with Crippen molar-refractivity contribution in [3.05, 3.63) is 59.2 Å². The molecule has 0 saturated carbocycles. The molecule has 0 aliphatic heterocycles. The topological polar surface area (TPSA) is 66.8 Å². The lowest BCUT2D eigenvalue weighted by molar-refractivity contribution is 0.0600. The molecule has 2 N–H and O–H groups in total. The monoisotopic (exact) mass is 270 g/mol. The van der Waals surface area contributed by atoms with Crippen LogP contribution in [0, 0.1) is 0 Å². The highest BCUT2D eigenvalue weighted by Crippen LogP contribution is 2.32. The van der Waals surface area contributed by atoms with Crippen LogP contribution >= 0.6 is 0 Å². The van der Waals surface area contributed by atoms with E-state index in [-0.39, 0.29) is 17.1 Å². The lowest BCUT2D eigenvalue weighted by atomic mass is 10.1. The minimum absolute atomic E-state index is 0.176. The van der Waals surface area contributed by atoms with E-state index in [9.17, 15) is 15.0 Å². The van der Waals surface area contributed by atoms with Crippen molar-refractivity contribution < 1.29 is 19.7 Å². The fourth-order valence-corrected chi connectivity index (χ4v) is 1.75. The van der Waals surface area contributed by atoms with Crippen molar-refractivity contribution in [2.45, 2.75) is 0 Å². The minimum atomic E-state index is -0.574. The molecule has 2 aromatic rings. The first-order valence-corrected chi connectivity index (χ1v) is 5.99. The number of ether oxygens (including phenoxy) is 1. The van der Waals surface area contributed by atoms with Crippen LogP contribution in [0.1, 0.15) is 21.5 Å². The second kappa shape index (κ2) is 5.93. The van der Waals surface area contributed by atoms with Gasteiger partial charge in [-0.15, -0.1) is 0 Å². The third-order valence-corrected chi connectivity index (χ3v) is 2.80. The van der Waals surface area contributed by atoms with Crippen LogP contribution in [0.15, 0.2) is 42.5 Å². The average Bonchev–Trinajstić information content (AvgIpc) is 2.48. The fourth-order valence-electron chi connectivity index (χ4n) is 1.75. The first-order valence-electron chi connectivity index (χ1n) is 5.99. The molecule has 0 fully saturated rings. The van der Waals surface area contributed by atoms with Crippen LogP contribution in [0.4, 0.5) is 0 Å². The van der Waals surface area contributed by atoms with Crippen LogP contribution in [-0.2, 0) is 4.74 Å². The Morgan fingerprint density at radius 1 is 1.10 bits per heavy atom. The molecule has 0 saturated heterocycles. The first-order chi connectivity index (χ1) is 9.61. The molecule has 0 spiro atoms. The lowest BCUT2D eigenvalue weighted by Crippen LogP contribution is -2.01. The number of rotatable bonds is 3. The van der Waals surface area contributed by atoms with Crippen LogP contribution in [-0.4, -0.2) is 23.3 Å². The quantitative estimate of drug-likeness (QED) is 0.511. The van der Waals surface area contributed by atoms with Gasteiger partial charge in [0.25, 0.3) is 0 Å². The molecule has 0 bridgehead atoms.